The van der Waals surface area contributed by atoms with Gasteiger partial charge < -0.3 is 5.32 Å². The first-order valence-corrected chi connectivity index (χ1v) is 9.00. The first kappa shape index (κ1) is 19.7. The zero-order valence-corrected chi connectivity index (χ0v) is 15.8. The maximum atomic E-state index is 12.5. The summed E-state index contributed by atoms with van der Waals surface area (Å²) in [6, 6.07) is 12.7. The molecule has 0 aliphatic rings. The Morgan fingerprint density at radius 3 is 2.45 bits per heavy atom. The van der Waals surface area contributed by atoms with Crippen LogP contribution in [0, 0.1) is 0 Å². The summed E-state index contributed by atoms with van der Waals surface area (Å²) in [5.41, 5.74) is 6.88. The van der Waals surface area contributed by atoms with E-state index in [0.29, 0.717) is 23.2 Å². The zero-order chi connectivity index (χ0) is 20.6. The van der Waals surface area contributed by atoms with Gasteiger partial charge in [0.1, 0.15) is 0 Å². The molecule has 0 bridgehead atoms. The van der Waals surface area contributed by atoms with E-state index in [0.717, 1.165) is 5.69 Å². The average molecular weight is 392 g/mol. The number of para-hydroxylation sites is 1. The normalized spacial score (nSPS) is 10.2. The Kier molecular flexibility index (Phi) is 6.31. The Morgan fingerprint density at radius 1 is 0.966 bits per heavy atom. The van der Waals surface area contributed by atoms with Crippen LogP contribution in [0.5, 0.6) is 0 Å². The monoisotopic (exact) mass is 392 g/mol. The lowest BCUT2D eigenvalue weighted by molar-refractivity contribution is -0.120. The molecule has 9 heteroatoms. The molecule has 3 aromatic rings. The van der Waals surface area contributed by atoms with Crippen LogP contribution in [0.3, 0.4) is 0 Å². The fourth-order valence-corrected chi connectivity index (χ4v) is 2.69. The van der Waals surface area contributed by atoms with Crippen LogP contribution in [0.4, 0.5) is 0 Å². The second-order valence-electron chi connectivity index (χ2n) is 6.03. The highest BCUT2D eigenvalue weighted by Gasteiger charge is 2.17. The highest BCUT2D eigenvalue weighted by molar-refractivity contribution is 5.98. The molecule has 0 saturated heterocycles. The molecule has 0 aliphatic heterocycles. The molecule has 2 heterocycles. The number of hydrogen-bond acceptors (Lipinski definition) is 5. The molecule has 2 aromatic heterocycles. The third-order valence-corrected chi connectivity index (χ3v) is 4.10. The van der Waals surface area contributed by atoms with Crippen LogP contribution in [0.15, 0.2) is 61.1 Å². The molecule has 0 spiro atoms. The number of pyridine rings is 1. The average Bonchev–Trinajstić information content (AvgIpc) is 3.21. The van der Waals surface area contributed by atoms with Gasteiger partial charge in [-0.3, -0.25) is 30.2 Å². The fraction of sp³-hybridized carbons (Fsp3) is 0.150. The van der Waals surface area contributed by atoms with Crippen molar-refractivity contribution < 1.29 is 14.4 Å². The number of aromatic nitrogens is 3. The Hall–Kier alpha value is -4.01. The summed E-state index contributed by atoms with van der Waals surface area (Å²) >= 11 is 0. The van der Waals surface area contributed by atoms with Gasteiger partial charge in [-0.1, -0.05) is 25.1 Å². The summed E-state index contributed by atoms with van der Waals surface area (Å²) in [6.07, 6.45) is 4.97. The third-order valence-electron chi connectivity index (χ3n) is 4.10. The second-order valence-corrected chi connectivity index (χ2v) is 6.03. The van der Waals surface area contributed by atoms with Crippen LogP contribution in [0.2, 0.25) is 0 Å². The van der Waals surface area contributed by atoms with E-state index in [9.17, 15) is 14.4 Å². The van der Waals surface area contributed by atoms with Gasteiger partial charge in [-0.25, -0.2) is 4.68 Å². The van der Waals surface area contributed by atoms with Gasteiger partial charge in [-0.2, -0.15) is 5.10 Å². The van der Waals surface area contributed by atoms with Gasteiger partial charge in [-0.15, -0.1) is 0 Å². The number of benzene rings is 1. The van der Waals surface area contributed by atoms with Crippen LogP contribution in [0.1, 0.15) is 33.3 Å². The lowest BCUT2D eigenvalue weighted by Crippen LogP contribution is -2.46. The lowest BCUT2D eigenvalue weighted by Gasteiger charge is -2.10. The van der Waals surface area contributed by atoms with E-state index in [1.807, 2.05) is 37.3 Å². The summed E-state index contributed by atoms with van der Waals surface area (Å²) in [6.45, 7) is 1.62. The van der Waals surface area contributed by atoms with Crippen LogP contribution in [-0.2, 0) is 11.2 Å². The van der Waals surface area contributed by atoms with Crippen molar-refractivity contribution in [2.75, 3.05) is 6.54 Å². The number of carbonyl (C=O) groups excluding carboxylic acids is 3. The number of amides is 3. The standard InChI is InChI=1S/C20H20N6O3/c1-2-17-16(12-23-26(17)15-8-4-3-5-9-15)20(29)25-24-18(27)13-22-19(28)14-7-6-10-21-11-14/h3-12H,2,13H2,1H3,(H,22,28)(H,24,27)(H,25,29). The minimum absolute atomic E-state index is 0.294. The topological polar surface area (TPSA) is 118 Å². The van der Waals surface area contributed by atoms with Crippen molar-refractivity contribution in [3.05, 3.63) is 77.9 Å². The maximum Gasteiger partial charge on any atom is 0.273 e. The minimum atomic E-state index is -0.566. The molecular formula is C20H20N6O3. The van der Waals surface area contributed by atoms with Crippen LogP contribution >= 0.6 is 0 Å². The molecule has 0 saturated carbocycles. The number of nitrogens with one attached hydrogen (secondary N) is 3. The first-order valence-electron chi connectivity index (χ1n) is 9.00. The van der Waals surface area contributed by atoms with E-state index in [4.69, 9.17) is 0 Å². The maximum absolute atomic E-state index is 12.5. The van der Waals surface area contributed by atoms with Crippen molar-refractivity contribution in [1.82, 2.24) is 30.9 Å². The van der Waals surface area contributed by atoms with Crippen LogP contribution in [-0.4, -0.2) is 39.0 Å². The van der Waals surface area contributed by atoms with Crippen molar-refractivity contribution >= 4 is 17.7 Å². The van der Waals surface area contributed by atoms with Crippen LogP contribution in [0.25, 0.3) is 5.69 Å². The van der Waals surface area contributed by atoms with Crippen molar-refractivity contribution in [2.24, 2.45) is 0 Å². The van der Waals surface area contributed by atoms with Crippen LogP contribution < -0.4 is 16.2 Å². The zero-order valence-electron chi connectivity index (χ0n) is 15.8. The molecule has 0 atom stereocenters. The highest BCUT2D eigenvalue weighted by Crippen LogP contribution is 2.15. The molecule has 3 rings (SSSR count). The molecular weight excluding hydrogens is 372 g/mol. The summed E-state index contributed by atoms with van der Waals surface area (Å²) in [4.78, 5) is 40.1. The van der Waals surface area contributed by atoms with Crippen molar-refractivity contribution in [2.45, 2.75) is 13.3 Å². The number of hydrogen-bond donors (Lipinski definition) is 3. The number of rotatable bonds is 6. The van der Waals surface area contributed by atoms with Gasteiger partial charge in [0.2, 0.25) is 0 Å². The SMILES string of the molecule is CCc1c(C(=O)NNC(=O)CNC(=O)c2cccnc2)cnn1-c1ccccc1. The van der Waals surface area contributed by atoms with Gasteiger partial charge in [0.25, 0.3) is 17.7 Å². The number of nitrogens with zero attached hydrogens (tertiary/aromatic N) is 3. The molecule has 3 N–H and O–H groups in total. The summed E-state index contributed by atoms with van der Waals surface area (Å²) in [5, 5.41) is 6.73. The predicted molar refractivity (Wildman–Crippen MR) is 105 cm³/mol. The van der Waals surface area contributed by atoms with Crippen molar-refractivity contribution in [3.63, 3.8) is 0 Å². The highest BCUT2D eigenvalue weighted by atomic mass is 16.2. The quantitative estimate of drug-likeness (QED) is 0.542. The number of hydrazine groups is 1. The van der Waals surface area contributed by atoms with E-state index in [2.05, 4.69) is 26.3 Å². The first-order chi connectivity index (χ1) is 14.1. The Bertz CT molecular complexity index is 1000. The van der Waals surface area contributed by atoms with E-state index < -0.39 is 17.7 Å². The lowest BCUT2D eigenvalue weighted by atomic mass is 10.2. The molecule has 0 radical (unpaired) electrons. The fourth-order valence-electron chi connectivity index (χ4n) is 2.69. The predicted octanol–water partition coefficient (Wildman–Crippen LogP) is 1.02. The van der Waals surface area contributed by atoms with E-state index in [-0.39, 0.29) is 6.54 Å². The summed E-state index contributed by atoms with van der Waals surface area (Å²) in [7, 11) is 0. The smallest absolute Gasteiger partial charge is 0.273 e. The van der Waals surface area contributed by atoms with Gasteiger partial charge in [0, 0.05) is 12.4 Å². The Labute approximate surface area is 167 Å². The molecule has 9 nitrogen and oxygen atoms in total. The van der Waals surface area contributed by atoms with Gasteiger partial charge in [0.05, 0.1) is 35.2 Å². The van der Waals surface area contributed by atoms with E-state index in [1.165, 1.54) is 12.4 Å². The van der Waals surface area contributed by atoms with Gasteiger partial charge in [-0.05, 0) is 30.7 Å². The molecule has 148 valence electrons. The van der Waals surface area contributed by atoms with Crippen molar-refractivity contribution in [3.8, 4) is 5.69 Å². The summed E-state index contributed by atoms with van der Waals surface area (Å²) < 4.78 is 1.69. The largest absolute Gasteiger partial charge is 0.343 e. The molecule has 1 aromatic carbocycles. The second kappa shape index (κ2) is 9.27. The number of carbonyl (C=O) groups is 3. The Morgan fingerprint density at radius 2 is 1.76 bits per heavy atom. The Balaban J connectivity index is 1.56. The molecule has 3 amide bonds. The van der Waals surface area contributed by atoms with Crippen molar-refractivity contribution in [1.29, 1.82) is 0 Å². The van der Waals surface area contributed by atoms with Gasteiger partial charge >= 0.3 is 0 Å². The molecule has 29 heavy (non-hydrogen) atoms. The summed E-state index contributed by atoms with van der Waals surface area (Å²) in [5.74, 6) is -1.49. The van der Waals surface area contributed by atoms with E-state index in [1.54, 1.807) is 23.0 Å². The third kappa shape index (κ3) is 4.83. The molecule has 0 fully saturated rings. The molecule has 0 aliphatic carbocycles. The van der Waals surface area contributed by atoms with E-state index >= 15 is 0 Å². The van der Waals surface area contributed by atoms with Gasteiger partial charge in [0.15, 0.2) is 0 Å². The minimum Gasteiger partial charge on any atom is -0.343 e. The molecule has 0 unspecified atom stereocenters.